The highest BCUT2D eigenvalue weighted by molar-refractivity contribution is 5.98. The van der Waals surface area contributed by atoms with Gasteiger partial charge in [0.05, 0.1) is 0 Å². The van der Waals surface area contributed by atoms with Crippen molar-refractivity contribution in [2.24, 2.45) is 0 Å². The largest absolute Gasteiger partial charge is 0.361 e. The number of hydrogen-bond acceptors (Lipinski definition) is 3. The second-order valence-electron chi connectivity index (χ2n) is 8.56. The van der Waals surface area contributed by atoms with Crippen LogP contribution in [0.15, 0.2) is 60.8 Å². The molecule has 2 atom stereocenters. The first kappa shape index (κ1) is 19.8. The van der Waals surface area contributed by atoms with E-state index in [1.807, 2.05) is 36.5 Å². The Labute approximate surface area is 182 Å². The molecule has 1 aromatic heterocycles. The Balaban J connectivity index is 1.20. The average molecular weight is 417 g/mol. The van der Waals surface area contributed by atoms with Gasteiger partial charge in [0.2, 0.25) is 11.8 Å². The van der Waals surface area contributed by atoms with Gasteiger partial charge in [-0.3, -0.25) is 14.5 Å². The fourth-order valence-electron chi connectivity index (χ4n) is 4.87. The molecule has 0 saturated carbocycles. The summed E-state index contributed by atoms with van der Waals surface area (Å²) in [7, 11) is 0. The summed E-state index contributed by atoms with van der Waals surface area (Å²) in [5, 5.41) is 4.11. The van der Waals surface area contributed by atoms with Gasteiger partial charge in [-0.25, -0.2) is 0 Å². The van der Waals surface area contributed by atoms with Crippen LogP contribution in [0.1, 0.15) is 17.5 Å². The highest BCUT2D eigenvalue weighted by atomic mass is 16.2. The molecule has 160 valence electrons. The summed E-state index contributed by atoms with van der Waals surface area (Å²) in [4.78, 5) is 33.4. The zero-order chi connectivity index (χ0) is 21.2. The molecule has 2 aliphatic heterocycles. The van der Waals surface area contributed by atoms with E-state index in [0.717, 1.165) is 42.4 Å². The summed E-state index contributed by atoms with van der Waals surface area (Å²) in [5.41, 5.74) is 3.45. The first-order valence-corrected chi connectivity index (χ1v) is 11.1. The first-order chi connectivity index (χ1) is 15.2. The maximum Gasteiger partial charge on any atom is 0.246 e. The second-order valence-corrected chi connectivity index (χ2v) is 8.56. The molecule has 6 heteroatoms. The van der Waals surface area contributed by atoms with Gasteiger partial charge in [-0.05, 0) is 36.6 Å². The molecule has 3 aromatic rings. The summed E-state index contributed by atoms with van der Waals surface area (Å²) in [6.45, 7) is 3.00. The number of hydrogen-bond donors (Lipinski definition) is 2. The summed E-state index contributed by atoms with van der Waals surface area (Å²) in [5.74, 6) is 0.0102. The molecule has 2 amide bonds. The van der Waals surface area contributed by atoms with Crippen LogP contribution in [-0.4, -0.2) is 64.9 Å². The van der Waals surface area contributed by atoms with Crippen molar-refractivity contribution in [1.82, 2.24) is 20.1 Å². The highest BCUT2D eigenvalue weighted by Gasteiger charge is 2.43. The molecule has 2 N–H and O–H groups in total. The number of aryl methyl sites for hydroxylation is 1. The van der Waals surface area contributed by atoms with E-state index in [2.05, 4.69) is 39.5 Å². The van der Waals surface area contributed by atoms with Gasteiger partial charge < -0.3 is 15.2 Å². The summed E-state index contributed by atoms with van der Waals surface area (Å²) < 4.78 is 0. The molecule has 31 heavy (non-hydrogen) atoms. The number of aromatic amines is 1. The number of piperazine rings is 2. The lowest BCUT2D eigenvalue weighted by molar-refractivity contribution is -0.152. The third-order valence-corrected chi connectivity index (χ3v) is 6.55. The molecule has 5 rings (SSSR count). The van der Waals surface area contributed by atoms with Crippen molar-refractivity contribution in [3.8, 4) is 0 Å². The molecular weight excluding hydrogens is 388 g/mol. The molecule has 2 fully saturated rings. The Morgan fingerprint density at radius 1 is 0.968 bits per heavy atom. The van der Waals surface area contributed by atoms with Crippen LogP contribution in [0.4, 0.5) is 0 Å². The van der Waals surface area contributed by atoms with Crippen molar-refractivity contribution < 1.29 is 9.59 Å². The van der Waals surface area contributed by atoms with Crippen LogP contribution < -0.4 is 5.32 Å². The maximum atomic E-state index is 13.2. The number of rotatable bonds is 6. The average Bonchev–Trinajstić information content (AvgIpc) is 3.21. The van der Waals surface area contributed by atoms with Crippen molar-refractivity contribution in [2.75, 3.05) is 26.2 Å². The van der Waals surface area contributed by atoms with Crippen molar-refractivity contribution in [3.05, 3.63) is 71.9 Å². The predicted molar refractivity (Wildman–Crippen MR) is 121 cm³/mol. The van der Waals surface area contributed by atoms with Gasteiger partial charge >= 0.3 is 0 Å². The predicted octanol–water partition coefficient (Wildman–Crippen LogP) is 2.35. The fraction of sp³-hybridized carbons (Fsp3) is 0.360. The minimum absolute atomic E-state index is 0.0304. The smallest absolute Gasteiger partial charge is 0.246 e. The standard InChI is InChI=1S/C25H28N4O2/c30-24-23-17-28(12-6-9-18-7-2-1-3-8-18)13-14-29(23)25(31)22(27-24)15-19-16-26-21-11-5-4-10-20(19)21/h1-5,7-8,10-11,16,22-23,26H,6,9,12-15,17H2,(H,27,30)/t22-,23+/m0/s1. The Hall–Kier alpha value is -3.12. The quantitative estimate of drug-likeness (QED) is 0.648. The van der Waals surface area contributed by atoms with E-state index in [-0.39, 0.29) is 17.9 Å². The van der Waals surface area contributed by atoms with E-state index in [4.69, 9.17) is 0 Å². The Morgan fingerprint density at radius 2 is 1.77 bits per heavy atom. The molecule has 3 heterocycles. The van der Waals surface area contributed by atoms with Crippen LogP contribution >= 0.6 is 0 Å². The molecule has 2 aliphatic rings. The van der Waals surface area contributed by atoms with Crippen LogP contribution in [0.25, 0.3) is 10.9 Å². The van der Waals surface area contributed by atoms with Crippen LogP contribution in [-0.2, 0) is 22.4 Å². The number of fused-ring (bicyclic) bond motifs is 2. The molecule has 0 unspecified atom stereocenters. The van der Waals surface area contributed by atoms with Crippen LogP contribution in [0.3, 0.4) is 0 Å². The van der Waals surface area contributed by atoms with E-state index >= 15 is 0 Å². The number of carbonyl (C=O) groups excluding carboxylic acids is 2. The molecule has 0 spiro atoms. The Kier molecular flexibility index (Phi) is 5.47. The van der Waals surface area contributed by atoms with Crippen molar-refractivity contribution in [1.29, 1.82) is 0 Å². The number of H-pyrrole nitrogens is 1. The van der Waals surface area contributed by atoms with Crippen LogP contribution in [0, 0.1) is 0 Å². The summed E-state index contributed by atoms with van der Waals surface area (Å²) in [6.07, 6.45) is 4.54. The van der Waals surface area contributed by atoms with E-state index < -0.39 is 6.04 Å². The molecule has 2 aromatic carbocycles. The van der Waals surface area contributed by atoms with Gasteiger partial charge in [0.25, 0.3) is 0 Å². The summed E-state index contributed by atoms with van der Waals surface area (Å²) >= 11 is 0. The Bertz CT molecular complexity index is 1080. The lowest BCUT2D eigenvalue weighted by Gasteiger charge is -2.45. The third-order valence-electron chi connectivity index (χ3n) is 6.55. The van der Waals surface area contributed by atoms with Crippen LogP contribution in [0.5, 0.6) is 0 Å². The molecule has 0 bridgehead atoms. The van der Waals surface area contributed by atoms with Crippen molar-refractivity contribution >= 4 is 22.7 Å². The number of amides is 2. The molecule has 0 radical (unpaired) electrons. The van der Waals surface area contributed by atoms with Gasteiger partial charge in [-0.15, -0.1) is 0 Å². The van der Waals surface area contributed by atoms with Gasteiger partial charge in [-0.1, -0.05) is 48.5 Å². The van der Waals surface area contributed by atoms with E-state index in [9.17, 15) is 9.59 Å². The van der Waals surface area contributed by atoms with Gasteiger partial charge in [0, 0.05) is 43.2 Å². The zero-order valence-electron chi connectivity index (χ0n) is 17.6. The zero-order valence-corrected chi connectivity index (χ0v) is 17.6. The minimum atomic E-state index is -0.493. The molecule has 0 aliphatic carbocycles. The van der Waals surface area contributed by atoms with Gasteiger partial charge in [-0.2, -0.15) is 0 Å². The third kappa shape index (κ3) is 4.08. The minimum Gasteiger partial charge on any atom is -0.361 e. The van der Waals surface area contributed by atoms with Gasteiger partial charge in [0.15, 0.2) is 0 Å². The maximum absolute atomic E-state index is 13.2. The van der Waals surface area contributed by atoms with Crippen LogP contribution in [0.2, 0.25) is 0 Å². The van der Waals surface area contributed by atoms with Crippen molar-refractivity contribution in [3.63, 3.8) is 0 Å². The SMILES string of the molecule is O=C1N[C@@H](Cc2c[nH]c3ccccc23)C(=O)N2CCN(CCCc3ccccc3)C[C@H]12. The molecule has 6 nitrogen and oxygen atoms in total. The number of para-hydroxylation sites is 1. The van der Waals surface area contributed by atoms with Gasteiger partial charge in [0.1, 0.15) is 12.1 Å². The number of aromatic nitrogens is 1. The monoisotopic (exact) mass is 416 g/mol. The molecular formula is C25H28N4O2. The number of benzene rings is 2. The fourth-order valence-corrected chi connectivity index (χ4v) is 4.87. The highest BCUT2D eigenvalue weighted by Crippen LogP contribution is 2.23. The second kappa shape index (κ2) is 8.55. The first-order valence-electron chi connectivity index (χ1n) is 11.1. The molecule has 2 saturated heterocycles. The topological polar surface area (TPSA) is 68.4 Å². The summed E-state index contributed by atoms with van der Waals surface area (Å²) in [6, 6.07) is 17.7. The van der Waals surface area contributed by atoms with E-state index in [0.29, 0.717) is 19.5 Å². The normalized spacial score (nSPS) is 21.9. The van der Waals surface area contributed by atoms with E-state index in [1.165, 1.54) is 5.56 Å². The number of carbonyl (C=O) groups is 2. The van der Waals surface area contributed by atoms with Crippen molar-refractivity contribution in [2.45, 2.75) is 31.3 Å². The lowest BCUT2D eigenvalue weighted by atomic mass is 9.98. The Morgan fingerprint density at radius 3 is 2.65 bits per heavy atom. The lowest BCUT2D eigenvalue weighted by Crippen LogP contribution is -2.69. The van der Waals surface area contributed by atoms with E-state index in [1.54, 1.807) is 4.90 Å². The number of nitrogens with one attached hydrogen (secondary N) is 2. The number of nitrogens with zero attached hydrogens (tertiary/aromatic N) is 2.